The first-order valence-electron chi connectivity index (χ1n) is 7.97. The Morgan fingerprint density at radius 3 is 2.25 bits per heavy atom. The van der Waals surface area contributed by atoms with Crippen molar-refractivity contribution >= 4 is 11.8 Å². The van der Waals surface area contributed by atoms with Crippen LogP contribution in [0.4, 0.5) is 0 Å². The second-order valence-electron chi connectivity index (χ2n) is 6.04. The third-order valence-corrected chi connectivity index (χ3v) is 3.68. The molecule has 0 radical (unpaired) electrons. The van der Waals surface area contributed by atoms with E-state index in [1.807, 2.05) is 13.8 Å². The predicted octanol–water partition coefficient (Wildman–Crippen LogP) is 0.304. The summed E-state index contributed by atoms with van der Waals surface area (Å²) in [7, 11) is 0. The Labute approximate surface area is 122 Å². The van der Waals surface area contributed by atoms with Gasteiger partial charge >= 0.3 is 0 Å². The van der Waals surface area contributed by atoms with Gasteiger partial charge in [0.05, 0.1) is 12.6 Å². The van der Waals surface area contributed by atoms with Crippen molar-refractivity contribution in [2.24, 2.45) is 0 Å². The van der Waals surface area contributed by atoms with Crippen molar-refractivity contribution < 1.29 is 14.9 Å². The molecule has 2 amide bonds. The molecule has 4 N–H and O–H groups in total. The zero-order valence-corrected chi connectivity index (χ0v) is 12.9. The van der Waals surface area contributed by atoms with Crippen LogP contribution >= 0.6 is 0 Å². The number of carbonyl (C=O) groups excluding carboxylic acids is 2. The summed E-state index contributed by atoms with van der Waals surface area (Å²) < 4.78 is 0. The fourth-order valence-corrected chi connectivity index (χ4v) is 2.62. The molecule has 1 aliphatic carbocycles. The van der Waals surface area contributed by atoms with Crippen molar-refractivity contribution in [2.75, 3.05) is 13.1 Å². The second-order valence-corrected chi connectivity index (χ2v) is 6.04. The molecule has 116 valence electrons. The van der Waals surface area contributed by atoms with Gasteiger partial charge < -0.3 is 16.0 Å². The van der Waals surface area contributed by atoms with E-state index in [2.05, 4.69) is 16.0 Å². The molecule has 0 heterocycles. The fourth-order valence-electron chi connectivity index (χ4n) is 2.62. The van der Waals surface area contributed by atoms with E-state index in [-0.39, 0.29) is 24.4 Å². The summed E-state index contributed by atoms with van der Waals surface area (Å²) >= 11 is 0. The number of quaternary nitrogens is 1. The van der Waals surface area contributed by atoms with E-state index in [9.17, 15) is 9.59 Å². The molecule has 5 heteroatoms. The average Bonchev–Trinajstić information content (AvgIpc) is 2.34. The summed E-state index contributed by atoms with van der Waals surface area (Å²) in [5.41, 5.74) is 0. The number of amides is 2. The van der Waals surface area contributed by atoms with Gasteiger partial charge in [0.2, 0.25) is 5.91 Å². The maximum atomic E-state index is 11.7. The summed E-state index contributed by atoms with van der Waals surface area (Å²) in [6.07, 6.45) is 8.98. The van der Waals surface area contributed by atoms with Gasteiger partial charge in [0, 0.05) is 6.04 Å². The van der Waals surface area contributed by atoms with E-state index in [0.29, 0.717) is 12.6 Å². The first kappa shape index (κ1) is 17.0. The predicted molar refractivity (Wildman–Crippen MR) is 79.2 cm³/mol. The highest BCUT2D eigenvalue weighted by molar-refractivity contribution is 5.85. The summed E-state index contributed by atoms with van der Waals surface area (Å²) in [5.74, 6) is -0.176. The monoisotopic (exact) mass is 284 g/mol. The van der Waals surface area contributed by atoms with E-state index in [4.69, 9.17) is 0 Å². The zero-order chi connectivity index (χ0) is 14.8. The van der Waals surface area contributed by atoms with Crippen LogP contribution in [0.1, 0.15) is 58.8 Å². The van der Waals surface area contributed by atoms with Gasteiger partial charge in [-0.05, 0) is 39.5 Å². The minimum Gasteiger partial charge on any atom is -0.352 e. The van der Waals surface area contributed by atoms with Crippen LogP contribution in [0.5, 0.6) is 0 Å². The molecule has 1 rings (SSSR count). The first-order chi connectivity index (χ1) is 9.58. The van der Waals surface area contributed by atoms with Crippen LogP contribution in [0.3, 0.4) is 0 Å². The molecule has 20 heavy (non-hydrogen) atoms. The number of carbonyl (C=O) groups is 2. The Morgan fingerprint density at radius 1 is 1.05 bits per heavy atom. The smallest absolute Gasteiger partial charge is 0.275 e. The summed E-state index contributed by atoms with van der Waals surface area (Å²) in [6, 6.07) is 0.687. The van der Waals surface area contributed by atoms with Crippen molar-refractivity contribution in [3.05, 3.63) is 0 Å². The Balaban J connectivity index is 2.13. The maximum Gasteiger partial charge on any atom is 0.275 e. The molecule has 0 aromatic rings. The molecule has 0 spiro atoms. The lowest BCUT2D eigenvalue weighted by atomic mass is 9.97. The van der Waals surface area contributed by atoms with E-state index in [0.717, 1.165) is 0 Å². The highest BCUT2D eigenvalue weighted by Crippen LogP contribution is 2.14. The maximum absolute atomic E-state index is 11.7. The van der Waals surface area contributed by atoms with Crippen molar-refractivity contribution in [2.45, 2.75) is 70.9 Å². The normalized spacial score (nSPS) is 17.4. The Morgan fingerprint density at radius 2 is 1.65 bits per heavy atom. The third kappa shape index (κ3) is 8.15. The molecule has 0 bridgehead atoms. The highest BCUT2D eigenvalue weighted by Gasteiger charge is 2.16. The molecular formula is C15H30N3O2+. The van der Waals surface area contributed by atoms with Gasteiger partial charge in [-0.2, -0.15) is 0 Å². The minimum atomic E-state index is -0.126. The lowest BCUT2D eigenvalue weighted by Crippen LogP contribution is -2.92. The molecule has 5 nitrogen and oxygen atoms in total. The number of hydrogen-bond donors (Lipinski definition) is 3. The molecule has 0 unspecified atom stereocenters. The van der Waals surface area contributed by atoms with Gasteiger partial charge in [-0.25, -0.2) is 0 Å². The van der Waals surface area contributed by atoms with Crippen LogP contribution in [-0.2, 0) is 9.59 Å². The molecule has 0 aromatic carbocycles. The van der Waals surface area contributed by atoms with Crippen LogP contribution in [0.25, 0.3) is 0 Å². The molecule has 0 aromatic heterocycles. The van der Waals surface area contributed by atoms with Gasteiger partial charge in [0.15, 0.2) is 6.54 Å². The molecule has 0 aliphatic heterocycles. The van der Waals surface area contributed by atoms with Crippen molar-refractivity contribution in [1.29, 1.82) is 0 Å². The van der Waals surface area contributed by atoms with Crippen LogP contribution < -0.4 is 16.0 Å². The molecule has 0 saturated heterocycles. The van der Waals surface area contributed by atoms with E-state index < -0.39 is 0 Å². The fraction of sp³-hybridized carbons (Fsp3) is 0.867. The average molecular weight is 284 g/mol. The van der Waals surface area contributed by atoms with E-state index in [1.165, 1.54) is 44.9 Å². The minimum absolute atomic E-state index is 0.0500. The van der Waals surface area contributed by atoms with E-state index >= 15 is 0 Å². The lowest BCUT2D eigenvalue weighted by Gasteiger charge is -2.18. The topological polar surface area (TPSA) is 74.8 Å². The van der Waals surface area contributed by atoms with Gasteiger partial charge in [0.25, 0.3) is 5.91 Å². The van der Waals surface area contributed by atoms with Crippen molar-refractivity contribution in [3.63, 3.8) is 0 Å². The van der Waals surface area contributed by atoms with Crippen molar-refractivity contribution in [3.8, 4) is 0 Å². The molecular weight excluding hydrogens is 254 g/mol. The second kappa shape index (κ2) is 9.75. The summed E-state index contributed by atoms with van der Waals surface area (Å²) in [4.78, 5) is 23.1. The molecule has 1 aliphatic rings. The van der Waals surface area contributed by atoms with Crippen LogP contribution in [0.15, 0.2) is 0 Å². The quantitative estimate of drug-likeness (QED) is 0.656. The van der Waals surface area contributed by atoms with E-state index in [1.54, 1.807) is 0 Å². The Bertz CT molecular complexity index is 297. The number of nitrogens with two attached hydrogens (primary N) is 1. The Kier molecular flexibility index (Phi) is 8.26. The standard InChI is InChI=1S/C15H29N3O2/c1-12(2)18-15(20)11-17-14(19)10-16-13-8-6-4-3-5-7-9-13/h12-13,16H,3-11H2,1-2H3,(H,17,19)(H,18,20)/p+1. The zero-order valence-electron chi connectivity index (χ0n) is 12.9. The van der Waals surface area contributed by atoms with Crippen LogP contribution in [0.2, 0.25) is 0 Å². The SMILES string of the molecule is CC(C)NC(=O)CNC(=O)C[NH2+]C1CCCCCCC1. The van der Waals surface area contributed by atoms with Crippen molar-refractivity contribution in [1.82, 2.24) is 10.6 Å². The van der Waals surface area contributed by atoms with Gasteiger partial charge in [-0.15, -0.1) is 0 Å². The molecule has 0 atom stereocenters. The molecule has 1 saturated carbocycles. The van der Waals surface area contributed by atoms with Gasteiger partial charge in [-0.1, -0.05) is 19.3 Å². The first-order valence-corrected chi connectivity index (χ1v) is 7.97. The molecule has 1 fully saturated rings. The number of rotatable bonds is 6. The third-order valence-electron chi connectivity index (χ3n) is 3.68. The highest BCUT2D eigenvalue weighted by atomic mass is 16.2. The summed E-state index contributed by atoms with van der Waals surface area (Å²) in [6.45, 7) is 4.32. The van der Waals surface area contributed by atoms with Crippen LogP contribution in [-0.4, -0.2) is 37.0 Å². The van der Waals surface area contributed by atoms with Gasteiger partial charge in [0.1, 0.15) is 0 Å². The largest absolute Gasteiger partial charge is 0.352 e. The number of nitrogens with one attached hydrogen (secondary N) is 2. The number of hydrogen-bond acceptors (Lipinski definition) is 2. The Hall–Kier alpha value is -1.10. The summed E-state index contributed by atoms with van der Waals surface area (Å²) in [5, 5.41) is 7.57. The lowest BCUT2D eigenvalue weighted by molar-refractivity contribution is -0.680. The van der Waals surface area contributed by atoms with Crippen LogP contribution in [0, 0.1) is 0 Å². The van der Waals surface area contributed by atoms with Gasteiger partial charge in [-0.3, -0.25) is 9.59 Å².